The average Bonchev–Trinajstić information content (AvgIpc) is 2.77. The number of nitrogens with one attached hydrogen (secondary N) is 1. The summed E-state index contributed by atoms with van der Waals surface area (Å²) in [4.78, 5) is 12.5. The van der Waals surface area contributed by atoms with E-state index in [2.05, 4.69) is 17.4 Å². The number of rotatable bonds is 4. The van der Waals surface area contributed by atoms with Gasteiger partial charge in [0.1, 0.15) is 5.76 Å². The zero-order chi connectivity index (χ0) is 14.8. The van der Waals surface area contributed by atoms with E-state index in [-0.39, 0.29) is 11.3 Å². The summed E-state index contributed by atoms with van der Waals surface area (Å²) in [7, 11) is 0. The number of aromatic nitrogens is 1. The summed E-state index contributed by atoms with van der Waals surface area (Å²) in [6.45, 7) is 6.88. The maximum Gasteiger partial charge on any atom is 0.227 e. The predicted molar refractivity (Wildman–Crippen MR) is 76.9 cm³/mol. The van der Waals surface area contributed by atoms with E-state index in [1.165, 1.54) is 0 Å². The Labute approximate surface area is 120 Å². The normalized spacial score (nSPS) is 26.5. The molecule has 1 fully saturated rings. The second-order valence-electron chi connectivity index (χ2n) is 6.15. The number of nitrogens with zero attached hydrogens (tertiary/aromatic N) is 1. The van der Waals surface area contributed by atoms with Gasteiger partial charge in [0.15, 0.2) is 0 Å². The molecule has 2 rings (SSSR count). The number of aryl methyl sites for hydroxylation is 2. The summed E-state index contributed by atoms with van der Waals surface area (Å²) in [6, 6.07) is 0. The highest BCUT2D eigenvalue weighted by atomic mass is 16.5. The van der Waals surface area contributed by atoms with Gasteiger partial charge in [-0.3, -0.25) is 4.79 Å². The minimum atomic E-state index is -0.383. The van der Waals surface area contributed by atoms with Crippen molar-refractivity contribution in [2.24, 2.45) is 17.1 Å². The summed E-state index contributed by atoms with van der Waals surface area (Å²) in [5, 5.41) is 6.93. The summed E-state index contributed by atoms with van der Waals surface area (Å²) in [5.41, 5.74) is 7.32. The fraction of sp³-hybridized carbons (Fsp3) is 0.733. The molecule has 1 aromatic rings. The SMILES string of the molecule is Cc1noc(C)c1CNC(=O)C1(CN)CCC(C)CC1. The molecule has 0 radical (unpaired) electrons. The monoisotopic (exact) mass is 279 g/mol. The van der Waals surface area contributed by atoms with Gasteiger partial charge in [0.25, 0.3) is 0 Å². The van der Waals surface area contributed by atoms with Gasteiger partial charge in [-0.1, -0.05) is 12.1 Å². The van der Waals surface area contributed by atoms with Crippen molar-refractivity contribution in [3.63, 3.8) is 0 Å². The maximum atomic E-state index is 12.5. The molecule has 1 aliphatic rings. The van der Waals surface area contributed by atoms with Crippen molar-refractivity contribution in [2.45, 2.75) is 53.0 Å². The minimum absolute atomic E-state index is 0.0758. The van der Waals surface area contributed by atoms with Crippen LogP contribution in [0.3, 0.4) is 0 Å². The van der Waals surface area contributed by atoms with E-state index < -0.39 is 0 Å². The van der Waals surface area contributed by atoms with Crippen LogP contribution in [-0.2, 0) is 11.3 Å². The first-order chi connectivity index (χ1) is 9.48. The van der Waals surface area contributed by atoms with Gasteiger partial charge in [-0.15, -0.1) is 0 Å². The van der Waals surface area contributed by atoms with Crippen molar-refractivity contribution in [1.29, 1.82) is 0 Å². The summed E-state index contributed by atoms with van der Waals surface area (Å²) in [5.74, 6) is 1.54. The molecule has 1 aromatic heterocycles. The van der Waals surface area contributed by atoms with Gasteiger partial charge >= 0.3 is 0 Å². The molecular weight excluding hydrogens is 254 g/mol. The number of carbonyl (C=O) groups excluding carboxylic acids is 1. The van der Waals surface area contributed by atoms with E-state index in [0.29, 0.717) is 19.0 Å². The second kappa shape index (κ2) is 5.95. The van der Waals surface area contributed by atoms with Crippen LogP contribution in [0.15, 0.2) is 4.52 Å². The van der Waals surface area contributed by atoms with Crippen LogP contribution in [0.4, 0.5) is 0 Å². The fourth-order valence-electron chi connectivity index (χ4n) is 2.95. The molecule has 5 nitrogen and oxygen atoms in total. The molecule has 0 aromatic carbocycles. The van der Waals surface area contributed by atoms with E-state index in [0.717, 1.165) is 42.7 Å². The highest BCUT2D eigenvalue weighted by Gasteiger charge is 2.39. The molecule has 3 N–H and O–H groups in total. The van der Waals surface area contributed by atoms with E-state index in [1.54, 1.807) is 0 Å². The van der Waals surface area contributed by atoms with Gasteiger partial charge in [-0.25, -0.2) is 0 Å². The Hall–Kier alpha value is -1.36. The Bertz CT molecular complexity index is 454. The van der Waals surface area contributed by atoms with Crippen molar-refractivity contribution in [1.82, 2.24) is 10.5 Å². The first-order valence-electron chi connectivity index (χ1n) is 7.38. The van der Waals surface area contributed by atoms with E-state index in [1.807, 2.05) is 13.8 Å². The van der Waals surface area contributed by atoms with E-state index in [9.17, 15) is 4.79 Å². The van der Waals surface area contributed by atoms with Crippen LogP contribution in [-0.4, -0.2) is 17.6 Å². The molecule has 0 bridgehead atoms. The first kappa shape index (κ1) is 15.0. The maximum absolute atomic E-state index is 12.5. The van der Waals surface area contributed by atoms with E-state index >= 15 is 0 Å². The molecular formula is C15H25N3O2. The van der Waals surface area contributed by atoms with Gasteiger partial charge in [-0.2, -0.15) is 0 Å². The zero-order valence-electron chi connectivity index (χ0n) is 12.7. The van der Waals surface area contributed by atoms with Crippen LogP contribution in [0.2, 0.25) is 0 Å². The third-order valence-electron chi connectivity index (χ3n) is 4.71. The number of carbonyl (C=O) groups is 1. The number of nitrogens with two attached hydrogens (primary N) is 1. The predicted octanol–water partition coefficient (Wildman–Crippen LogP) is 2.06. The summed E-state index contributed by atoms with van der Waals surface area (Å²) >= 11 is 0. The molecule has 112 valence electrons. The Kier molecular flexibility index (Phi) is 4.48. The van der Waals surface area contributed by atoms with Crippen LogP contribution in [0.25, 0.3) is 0 Å². The largest absolute Gasteiger partial charge is 0.361 e. The average molecular weight is 279 g/mol. The zero-order valence-corrected chi connectivity index (χ0v) is 12.7. The molecule has 0 spiro atoms. The lowest BCUT2D eigenvalue weighted by Gasteiger charge is -2.37. The van der Waals surface area contributed by atoms with Crippen LogP contribution >= 0.6 is 0 Å². The van der Waals surface area contributed by atoms with Crippen LogP contribution in [0.1, 0.15) is 49.6 Å². The summed E-state index contributed by atoms with van der Waals surface area (Å²) < 4.78 is 5.11. The van der Waals surface area contributed by atoms with Crippen molar-refractivity contribution >= 4 is 5.91 Å². The van der Waals surface area contributed by atoms with Gasteiger partial charge in [0.2, 0.25) is 5.91 Å². The molecule has 1 saturated carbocycles. The quantitative estimate of drug-likeness (QED) is 0.884. The molecule has 20 heavy (non-hydrogen) atoms. The highest BCUT2D eigenvalue weighted by molar-refractivity contribution is 5.83. The molecule has 1 aliphatic carbocycles. The van der Waals surface area contributed by atoms with Crippen LogP contribution in [0, 0.1) is 25.2 Å². The third-order valence-corrected chi connectivity index (χ3v) is 4.71. The van der Waals surface area contributed by atoms with Crippen LogP contribution in [0.5, 0.6) is 0 Å². The lowest BCUT2D eigenvalue weighted by molar-refractivity contribution is -0.133. The van der Waals surface area contributed by atoms with Crippen molar-refractivity contribution in [2.75, 3.05) is 6.54 Å². The van der Waals surface area contributed by atoms with E-state index in [4.69, 9.17) is 10.3 Å². The lowest BCUT2D eigenvalue weighted by atomic mass is 9.70. The first-order valence-corrected chi connectivity index (χ1v) is 7.38. The van der Waals surface area contributed by atoms with Gasteiger partial charge in [-0.05, 0) is 45.4 Å². The second-order valence-corrected chi connectivity index (χ2v) is 6.15. The van der Waals surface area contributed by atoms with Gasteiger partial charge in [0.05, 0.1) is 11.1 Å². The molecule has 0 unspecified atom stereocenters. The highest BCUT2D eigenvalue weighted by Crippen LogP contribution is 2.38. The molecule has 0 atom stereocenters. The van der Waals surface area contributed by atoms with Gasteiger partial charge < -0.3 is 15.6 Å². The standard InChI is InChI=1S/C15H25N3O2/c1-10-4-6-15(9-16,7-5-10)14(19)17-8-13-11(2)18-20-12(13)3/h10H,4-9,16H2,1-3H3,(H,17,19). The van der Waals surface area contributed by atoms with Gasteiger partial charge in [0, 0.05) is 18.7 Å². The number of hydrogen-bond acceptors (Lipinski definition) is 4. The molecule has 0 aliphatic heterocycles. The Balaban J connectivity index is 2.00. The molecule has 1 amide bonds. The lowest BCUT2D eigenvalue weighted by Crippen LogP contribution is -2.47. The Morgan fingerprint density at radius 1 is 1.45 bits per heavy atom. The Morgan fingerprint density at radius 2 is 2.10 bits per heavy atom. The molecule has 0 saturated heterocycles. The third kappa shape index (κ3) is 2.87. The topological polar surface area (TPSA) is 81.2 Å². The Morgan fingerprint density at radius 3 is 2.60 bits per heavy atom. The van der Waals surface area contributed by atoms with Crippen LogP contribution < -0.4 is 11.1 Å². The van der Waals surface area contributed by atoms with Crippen molar-refractivity contribution in [3.05, 3.63) is 17.0 Å². The summed E-state index contributed by atoms with van der Waals surface area (Å²) in [6.07, 6.45) is 3.93. The minimum Gasteiger partial charge on any atom is -0.361 e. The number of amides is 1. The number of hydrogen-bond donors (Lipinski definition) is 2. The smallest absolute Gasteiger partial charge is 0.227 e. The fourth-order valence-corrected chi connectivity index (χ4v) is 2.95. The molecule has 5 heteroatoms. The van der Waals surface area contributed by atoms with Crippen molar-refractivity contribution in [3.8, 4) is 0 Å². The molecule has 1 heterocycles. The van der Waals surface area contributed by atoms with Crippen molar-refractivity contribution < 1.29 is 9.32 Å².